The number of hydrogen-bond donors (Lipinski definition) is 1. The first-order chi connectivity index (χ1) is 6.68. The van der Waals surface area contributed by atoms with E-state index < -0.39 is 11.7 Å². The van der Waals surface area contributed by atoms with Gasteiger partial charge in [0, 0.05) is 5.56 Å². The van der Waals surface area contributed by atoms with E-state index in [9.17, 15) is 9.59 Å². The van der Waals surface area contributed by atoms with Crippen molar-refractivity contribution in [1.82, 2.24) is 0 Å². The number of nitrogens with two attached hydrogens (primary N) is 1. The Kier molecular flexibility index (Phi) is 2.08. The molecule has 0 atom stereocenters. The Labute approximate surface area is 81.9 Å². The second-order valence-corrected chi connectivity index (χ2v) is 3.59. The average molecular weight is 189 g/mol. The maximum Gasteiger partial charge on any atom is 0.289 e. The molecule has 1 fully saturated rings. The van der Waals surface area contributed by atoms with E-state index in [1.54, 1.807) is 12.1 Å². The number of benzene rings is 1. The molecule has 0 saturated heterocycles. The smallest absolute Gasteiger partial charge is 0.289 e. The van der Waals surface area contributed by atoms with Crippen molar-refractivity contribution in [3.63, 3.8) is 0 Å². The molecule has 1 aliphatic rings. The first kappa shape index (κ1) is 8.94. The van der Waals surface area contributed by atoms with E-state index in [1.807, 2.05) is 12.1 Å². The Hall–Kier alpha value is -1.64. The molecule has 14 heavy (non-hydrogen) atoms. The predicted molar refractivity (Wildman–Crippen MR) is 51.9 cm³/mol. The van der Waals surface area contributed by atoms with Crippen molar-refractivity contribution < 1.29 is 9.59 Å². The molecular weight excluding hydrogens is 178 g/mol. The maximum atomic E-state index is 11.2. The van der Waals surface area contributed by atoms with Gasteiger partial charge >= 0.3 is 0 Å². The predicted octanol–water partition coefficient (Wildman–Crippen LogP) is 1.23. The van der Waals surface area contributed by atoms with Crippen molar-refractivity contribution in [2.75, 3.05) is 0 Å². The fourth-order valence-corrected chi connectivity index (χ4v) is 1.47. The Morgan fingerprint density at radius 2 is 1.71 bits per heavy atom. The lowest BCUT2D eigenvalue weighted by atomic mass is 10.1. The number of hydrogen-bond acceptors (Lipinski definition) is 2. The van der Waals surface area contributed by atoms with Crippen LogP contribution in [0.2, 0.25) is 0 Å². The van der Waals surface area contributed by atoms with Gasteiger partial charge < -0.3 is 5.73 Å². The molecule has 1 aliphatic carbocycles. The summed E-state index contributed by atoms with van der Waals surface area (Å²) in [7, 11) is 0. The van der Waals surface area contributed by atoms with Crippen LogP contribution in [0.15, 0.2) is 24.3 Å². The first-order valence-electron chi connectivity index (χ1n) is 4.62. The Balaban J connectivity index is 2.20. The van der Waals surface area contributed by atoms with Crippen LogP contribution in [0.1, 0.15) is 34.7 Å². The van der Waals surface area contributed by atoms with Gasteiger partial charge in [0.25, 0.3) is 5.91 Å². The van der Waals surface area contributed by atoms with Crippen LogP contribution in [-0.4, -0.2) is 11.7 Å². The van der Waals surface area contributed by atoms with Crippen LogP contribution >= 0.6 is 0 Å². The highest BCUT2D eigenvalue weighted by Gasteiger charge is 2.23. The fraction of sp³-hybridized carbons (Fsp3) is 0.273. The third-order valence-electron chi connectivity index (χ3n) is 2.45. The summed E-state index contributed by atoms with van der Waals surface area (Å²) in [6.45, 7) is 0. The second kappa shape index (κ2) is 3.25. The summed E-state index contributed by atoms with van der Waals surface area (Å²) in [4.78, 5) is 21.8. The summed E-state index contributed by atoms with van der Waals surface area (Å²) in [6, 6.07) is 7.13. The summed E-state index contributed by atoms with van der Waals surface area (Å²) < 4.78 is 0. The van der Waals surface area contributed by atoms with Gasteiger partial charge in [-0.15, -0.1) is 0 Å². The number of amides is 1. The molecule has 3 nitrogen and oxygen atoms in total. The van der Waals surface area contributed by atoms with Crippen LogP contribution < -0.4 is 5.73 Å². The summed E-state index contributed by atoms with van der Waals surface area (Å²) in [5.41, 5.74) is 6.51. The highest BCUT2D eigenvalue weighted by atomic mass is 16.2. The molecule has 72 valence electrons. The monoisotopic (exact) mass is 189 g/mol. The SMILES string of the molecule is NC(=O)C(=O)c1ccc(C2CC2)cc1. The lowest BCUT2D eigenvalue weighted by molar-refractivity contribution is -0.114. The Morgan fingerprint density at radius 1 is 1.14 bits per heavy atom. The molecule has 1 aromatic carbocycles. The summed E-state index contributed by atoms with van der Waals surface area (Å²) >= 11 is 0. The van der Waals surface area contributed by atoms with Gasteiger partial charge in [-0.3, -0.25) is 9.59 Å². The zero-order valence-electron chi connectivity index (χ0n) is 7.69. The number of carbonyl (C=O) groups excluding carboxylic acids is 2. The topological polar surface area (TPSA) is 60.2 Å². The third-order valence-corrected chi connectivity index (χ3v) is 2.45. The normalized spacial score (nSPS) is 15.1. The molecule has 0 heterocycles. The van der Waals surface area contributed by atoms with Crippen LogP contribution in [0.3, 0.4) is 0 Å². The van der Waals surface area contributed by atoms with E-state index in [0.717, 1.165) is 0 Å². The Bertz CT molecular complexity index is 377. The average Bonchev–Trinajstić information content (AvgIpc) is 3.00. The van der Waals surface area contributed by atoms with Crippen molar-refractivity contribution in [2.45, 2.75) is 18.8 Å². The van der Waals surface area contributed by atoms with Crippen molar-refractivity contribution in [1.29, 1.82) is 0 Å². The van der Waals surface area contributed by atoms with E-state index in [-0.39, 0.29) is 0 Å². The zero-order chi connectivity index (χ0) is 10.1. The first-order valence-corrected chi connectivity index (χ1v) is 4.62. The van der Waals surface area contributed by atoms with Crippen LogP contribution in [-0.2, 0) is 4.79 Å². The van der Waals surface area contributed by atoms with Crippen LogP contribution in [0.25, 0.3) is 0 Å². The highest BCUT2D eigenvalue weighted by Crippen LogP contribution is 2.39. The molecule has 2 N–H and O–H groups in total. The number of ketones is 1. The molecule has 0 radical (unpaired) electrons. The number of rotatable bonds is 3. The molecule has 0 bridgehead atoms. The quantitative estimate of drug-likeness (QED) is 0.574. The van der Waals surface area contributed by atoms with E-state index in [4.69, 9.17) is 5.73 Å². The van der Waals surface area contributed by atoms with E-state index in [0.29, 0.717) is 11.5 Å². The van der Waals surface area contributed by atoms with Gasteiger partial charge in [0.2, 0.25) is 5.78 Å². The van der Waals surface area contributed by atoms with Gasteiger partial charge in [0.05, 0.1) is 0 Å². The molecule has 1 amide bonds. The van der Waals surface area contributed by atoms with Crippen LogP contribution in [0, 0.1) is 0 Å². The number of carbonyl (C=O) groups is 2. The van der Waals surface area contributed by atoms with E-state index in [2.05, 4.69) is 0 Å². The van der Waals surface area contributed by atoms with Gasteiger partial charge in [0.15, 0.2) is 0 Å². The van der Waals surface area contributed by atoms with Gasteiger partial charge in [-0.05, 0) is 24.3 Å². The van der Waals surface area contributed by atoms with Crippen molar-refractivity contribution >= 4 is 11.7 Å². The summed E-state index contributed by atoms with van der Waals surface area (Å²) in [5.74, 6) is -0.857. The minimum absolute atomic E-state index is 0.377. The molecule has 1 aromatic rings. The summed E-state index contributed by atoms with van der Waals surface area (Å²) in [5, 5.41) is 0. The largest absolute Gasteiger partial charge is 0.363 e. The van der Waals surface area contributed by atoms with Gasteiger partial charge in [-0.2, -0.15) is 0 Å². The fourth-order valence-electron chi connectivity index (χ4n) is 1.47. The summed E-state index contributed by atoms with van der Waals surface area (Å²) in [6.07, 6.45) is 2.45. The lowest BCUT2D eigenvalue weighted by Crippen LogP contribution is -2.22. The molecule has 0 aromatic heterocycles. The zero-order valence-corrected chi connectivity index (χ0v) is 7.69. The maximum absolute atomic E-state index is 11.2. The molecule has 2 rings (SSSR count). The third kappa shape index (κ3) is 1.66. The van der Waals surface area contributed by atoms with E-state index >= 15 is 0 Å². The molecule has 0 unspecified atom stereocenters. The number of primary amides is 1. The van der Waals surface area contributed by atoms with Crippen LogP contribution in [0.4, 0.5) is 0 Å². The van der Waals surface area contributed by atoms with Crippen LogP contribution in [0.5, 0.6) is 0 Å². The molecule has 0 spiro atoms. The number of Topliss-reactive ketones (excluding diaryl/α,β-unsaturated/α-hetero) is 1. The van der Waals surface area contributed by atoms with Gasteiger partial charge in [-0.25, -0.2) is 0 Å². The standard InChI is InChI=1S/C11H11NO2/c12-11(14)10(13)9-5-3-8(4-6-9)7-1-2-7/h3-7H,1-2H2,(H2,12,14). The molecule has 1 saturated carbocycles. The van der Waals surface area contributed by atoms with Crippen molar-refractivity contribution in [2.24, 2.45) is 5.73 Å². The minimum atomic E-state index is -0.899. The van der Waals surface area contributed by atoms with Gasteiger partial charge in [0.1, 0.15) is 0 Å². The van der Waals surface area contributed by atoms with E-state index in [1.165, 1.54) is 18.4 Å². The molecule has 3 heteroatoms. The second-order valence-electron chi connectivity index (χ2n) is 3.59. The molecule has 0 aliphatic heterocycles. The molecular formula is C11H11NO2. The Morgan fingerprint density at radius 3 is 2.14 bits per heavy atom. The van der Waals surface area contributed by atoms with Gasteiger partial charge in [-0.1, -0.05) is 24.3 Å². The minimum Gasteiger partial charge on any atom is -0.363 e. The lowest BCUT2D eigenvalue weighted by Gasteiger charge is -1.99. The van der Waals surface area contributed by atoms with Crippen molar-refractivity contribution in [3.8, 4) is 0 Å². The highest BCUT2D eigenvalue weighted by molar-refractivity contribution is 6.42. The van der Waals surface area contributed by atoms with Crippen molar-refractivity contribution in [3.05, 3.63) is 35.4 Å².